The Labute approximate surface area is 255 Å². The molecule has 2 heterocycles. The van der Waals surface area contributed by atoms with Crippen molar-refractivity contribution in [2.45, 2.75) is 13.0 Å². The van der Waals surface area contributed by atoms with E-state index in [1.54, 1.807) is 30.5 Å². The van der Waals surface area contributed by atoms with E-state index in [0.29, 0.717) is 43.3 Å². The van der Waals surface area contributed by atoms with Gasteiger partial charge in [0.15, 0.2) is 6.61 Å². The molecule has 4 aromatic rings. The summed E-state index contributed by atoms with van der Waals surface area (Å²) in [6.45, 7) is 2.76. The lowest BCUT2D eigenvalue weighted by Gasteiger charge is -2.31. The van der Waals surface area contributed by atoms with E-state index in [4.69, 9.17) is 9.47 Å². The third kappa shape index (κ3) is 8.20. The molecule has 0 bridgehead atoms. The molecule has 0 atom stereocenters. The zero-order valence-corrected chi connectivity index (χ0v) is 24.2. The number of aromatic nitrogens is 1. The van der Waals surface area contributed by atoms with Gasteiger partial charge in [-0.15, -0.1) is 0 Å². The highest BCUT2D eigenvalue weighted by atomic mass is 16.5. The number of hydrogen-bond acceptors (Lipinski definition) is 7. The molecular weight excluding hydrogens is 560 g/mol. The van der Waals surface area contributed by atoms with Crippen molar-refractivity contribution < 1.29 is 29.0 Å². The molecule has 1 aliphatic heterocycles. The lowest BCUT2D eigenvalue weighted by Crippen LogP contribution is -2.37. The number of rotatable bonds is 12. The number of pyridine rings is 1. The lowest BCUT2D eigenvalue weighted by molar-refractivity contribution is -0.137. The monoisotopic (exact) mass is 594 g/mol. The largest absolute Gasteiger partial charge is 0.484 e. The van der Waals surface area contributed by atoms with Crippen LogP contribution in [0.4, 0.5) is 11.4 Å². The Bertz CT molecular complexity index is 1580. The lowest BCUT2D eigenvalue weighted by atomic mass is 10.0. The molecule has 0 aliphatic carbocycles. The number of ether oxygens (including phenoxy) is 2. The second-order valence-corrected chi connectivity index (χ2v) is 10.3. The van der Waals surface area contributed by atoms with E-state index in [1.807, 2.05) is 60.7 Å². The molecule has 226 valence electrons. The summed E-state index contributed by atoms with van der Waals surface area (Å²) < 4.78 is 11.2. The van der Waals surface area contributed by atoms with Gasteiger partial charge in [-0.05, 0) is 59.2 Å². The highest BCUT2D eigenvalue weighted by Gasteiger charge is 2.20. The van der Waals surface area contributed by atoms with Gasteiger partial charge in [0, 0.05) is 38.6 Å². The maximum Gasteiger partial charge on any atom is 0.305 e. The van der Waals surface area contributed by atoms with Gasteiger partial charge >= 0.3 is 5.97 Å². The molecule has 3 aromatic carbocycles. The molecule has 10 nitrogen and oxygen atoms in total. The highest BCUT2D eigenvalue weighted by Crippen LogP contribution is 2.33. The van der Waals surface area contributed by atoms with E-state index in [1.165, 1.54) is 11.1 Å². The summed E-state index contributed by atoms with van der Waals surface area (Å²) in [4.78, 5) is 45.2. The maximum absolute atomic E-state index is 13.2. The van der Waals surface area contributed by atoms with Crippen LogP contribution in [0.5, 0.6) is 5.75 Å². The normalized spacial score (nSPS) is 12.8. The van der Waals surface area contributed by atoms with Gasteiger partial charge < -0.3 is 29.7 Å². The van der Waals surface area contributed by atoms with Crippen LogP contribution in [-0.4, -0.2) is 72.2 Å². The summed E-state index contributed by atoms with van der Waals surface area (Å²) in [6, 6.07) is 26.2. The smallest absolute Gasteiger partial charge is 0.305 e. The van der Waals surface area contributed by atoms with Crippen LogP contribution in [0.15, 0.2) is 97.3 Å². The molecule has 5 rings (SSSR count). The molecule has 0 unspecified atom stereocenters. The van der Waals surface area contributed by atoms with Crippen molar-refractivity contribution in [1.29, 1.82) is 0 Å². The first-order valence-electron chi connectivity index (χ1n) is 14.4. The van der Waals surface area contributed by atoms with Gasteiger partial charge in [0.2, 0.25) is 0 Å². The van der Waals surface area contributed by atoms with E-state index in [-0.39, 0.29) is 37.9 Å². The Hall–Kier alpha value is -5.22. The van der Waals surface area contributed by atoms with Crippen LogP contribution >= 0.6 is 0 Å². The molecule has 1 aliphatic rings. The molecule has 0 spiro atoms. The maximum atomic E-state index is 13.2. The predicted octanol–water partition coefficient (Wildman–Crippen LogP) is 4.72. The second-order valence-electron chi connectivity index (χ2n) is 10.3. The number of hydrogen-bond donors (Lipinski definition) is 2. The number of carbonyl (C=O) groups excluding carboxylic acids is 2. The first-order chi connectivity index (χ1) is 21.5. The van der Waals surface area contributed by atoms with Gasteiger partial charge in [-0.25, -0.2) is 0 Å². The van der Waals surface area contributed by atoms with E-state index < -0.39 is 5.97 Å². The fourth-order valence-electron chi connectivity index (χ4n) is 4.97. The Morgan fingerprint density at radius 1 is 0.932 bits per heavy atom. The van der Waals surface area contributed by atoms with E-state index in [9.17, 15) is 19.5 Å². The molecule has 0 saturated carbocycles. The van der Waals surface area contributed by atoms with Crippen molar-refractivity contribution in [3.63, 3.8) is 0 Å². The standard InChI is InChI=1S/C34H34N4O6/c39-32(24-44-29-9-2-1-3-10-29)36-30-21-27(11-12-31(30)37-16-18-43-19-17-37)26-7-4-6-25(20-26)23-38(15-13-33(40)41)34(42)28-8-5-14-35-22-28/h1-12,14,20-22H,13,15-19,23-24H2,(H,36,39)(H,40,41). The number of para-hydroxylation sites is 1. The third-order valence-electron chi connectivity index (χ3n) is 7.16. The van der Waals surface area contributed by atoms with E-state index in [2.05, 4.69) is 15.2 Å². The first kappa shape index (κ1) is 30.2. The van der Waals surface area contributed by atoms with Crippen molar-refractivity contribution >= 4 is 29.2 Å². The number of nitrogens with zero attached hydrogens (tertiary/aromatic N) is 3. The van der Waals surface area contributed by atoms with Crippen molar-refractivity contribution in [3.8, 4) is 16.9 Å². The Morgan fingerprint density at radius 3 is 2.48 bits per heavy atom. The number of carbonyl (C=O) groups is 3. The van der Waals surface area contributed by atoms with Crippen LogP contribution in [0.25, 0.3) is 11.1 Å². The molecule has 44 heavy (non-hydrogen) atoms. The van der Waals surface area contributed by atoms with Crippen LogP contribution in [0.1, 0.15) is 22.3 Å². The molecule has 2 amide bonds. The molecule has 1 fully saturated rings. The van der Waals surface area contributed by atoms with Gasteiger partial charge in [0.25, 0.3) is 11.8 Å². The quantitative estimate of drug-likeness (QED) is 0.242. The van der Waals surface area contributed by atoms with Crippen LogP contribution in [0, 0.1) is 0 Å². The molecule has 10 heteroatoms. The third-order valence-corrected chi connectivity index (χ3v) is 7.16. The fourth-order valence-corrected chi connectivity index (χ4v) is 4.97. The summed E-state index contributed by atoms with van der Waals surface area (Å²) in [5, 5.41) is 12.3. The number of benzene rings is 3. The van der Waals surface area contributed by atoms with Crippen molar-refractivity contribution in [1.82, 2.24) is 9.88 Å². The summed E-state index contributed by atoms with van der Waals surface area (Å²) in [7, 11) is 0. The fraction of sp³-hybridized carbons (Fsp3) is 0.235. The highest BCUT2D eigenvalue weighted by molar-refractivity contribution is 5.96. The van der Waals surface area contributed by atoms with Gasteiger partial charge in [0.1, 0.15) is 5.75 Å². The number of aliphatic carboxylic acids is 1. The number of amides is 2. The summed E-state index contributed by atoms with van der Waals surface area (Å²) >= 11 is 0. The Kier molecular flexibility index (Phi) is 10.2. The zero-order valence-electron chi connectivity index (χ0n) is 24.2. The molecule has 2 N–H and O–H groups in total. The molecule has 1 saturated heterocycles. The van der Waals surface area contributed by atoms with Crippen LogP contribution in [-0.2, 0) is 20.9 Å². The number of carboxylic acid groups (broad SMARTS) is 1. The molecular formula is C34H34N4O6. The average Bonchev–Trinajstić information content (AvgIpc) is 3.06. The van der Waals surface area contributed by atoms with E-state index in [0.717, 1.165) is 22.4 Å². The summed E-state index contributed by atoms with van der Waals surface area (Å²) in [5.41, 5.74) is 4.54. The SMILES string of the molecule is O=C(O)CCN(Cc1cccc(-c2ccc(N3CCOCC3)c(NC(=O)COc3ccccc3)c2)c1)C(=O)c1cccnc1. The zero-order chi connectivity index (χ0) is 30.7. The van der Waals surface area contributed by atoms with Crippen molar-refractivity contribution in [3.05, 3.63) is 108 Å². The summed E-state index contributed by atoms with van der Waals surface area (Å²) in [6.07, 6.45) is 2.88. The average molecular weight is 595 g/mol. The molecule has 0 radical (unpaired) electrons. The number of nitrogens with one attached hydrogen (secondary N) is 1. The predicted molar refractivity (Wildman–Crippen MR) is 167 cm³/mol. The second kappa shape index (κ2) is 14.8. The van der Waals surface area contributed by atoms with Gasteiger partial charge in [0.05, 0.1) is 36.6 Å². The number of morpholine rings is 1. The number of carboxylic acids is 1. The van der Waals surface area contributed by atoms with Crippen molar-refractivity contribution in [2.75, 3.05) is 49.7 Å². The number of anilines is 2. The van der Waals surface area contributed by atoms with Crippen LogP contribution in [0.2, 0.25) is 0 Å². The first-order valence-corrected chi connectivity index (χ1v) is 14.4. The molecule has 1 aromatic heterocycles. The Morgan fingerprint density at radius 2 is 1.73 bits per heavy atom. The van der Waals surface area contributed by atoms with E-state index >= 15 is 0 Å². The van der Waals surface area contributed by atoms with Crippen LogP contribution < -0.4 is 15.0 Å². The van der Waals surface area contributed by atoms with Gasteiger partial charge in [-0.2, -0.15) is 0 Å². The minimum absolute atomic E-state index is 0.0583. The van der Waals surface area contributed by atoms with Crippen molar-refractivity contribution in [2.24, 2.45) is 0 Å². The van der Waals surface area contributed by atoms with Crippen LogP contribution in [0.3, 0.4) is 0 Å². The van der Waals surface area contributed by atoms with Gasteiger partial charge in [-0.3, -0.25) is 19.4 Å². The summed E-state index contributed by atoms with van der Waals surface area (Å²) in [5.74, 6) is -0.938. The minimum atomic E-state index is -0.980. The topological polar surface area (TPSA) is 121 Å². The minimum Gasteiger partial charge on any atom is -0.484 e. The van der Waals surface area contributed by atoms with Gasteiger partial charge in [-0.1, -0.05) is 42.5 Å². The Balaban J connectivity index is 1.38.